The number of hydrogen-bond donors (Lipinski definition) is 0. The Labute approximate surface area is 262 Å². The van der Waals surface area contributed by atoms with E-state index >= 15 is 0 Å². The van der Waals surface area contributed by atoms with Gasteiger partial charge in [0.05, 0.1) is 19.2 Å². The van der Waals surface area contributed by atoms with Crippen molar-refractivity contribution in [2.75, 3.05) is 51.5 Å². The van der Waals surface area contributed by atoms with Gasteiger partial charge in [0.2, 0.25) is 0 Å². The molecule has 6 nitrogen and oxygen atoms in total. The number of hydrogen-bond acceptors (Lipinski definition) is 6. The van der Waals surface area contributed by atoms with Gasteiger partial charge in [-0.1, -0.05) is 24.3 Å². The number of fused-ring (bicyclic) bond motifs is 1. The van der Waals surface area contributed by atoms with Crippen LogP contribution in [0.3, 0.4) is 0 Å². The number of halogens is 1. The number of rotatable bonds is 12. The van der Waals surface area contributed by atoms with Crippen molar-refractivity contribution in [3.05, 3.63) is 82.9 Å². The number of ether oxygens (including phenoxy) is 3. The Morgan fingerprint density at radius 2 is 1.70 bits per heavy atom. The van der Waals surface area contributed by atoms with Gasteiger partial charge in [0, 0.05) is 50.4 Å². The van der Waals surface area contributed by atoms with Crippen LogP contribution in [0.5, 0.6) is 17.2 Å². The van der Waals surface area contributed by atoms with Crippen LogP contribution in [0.1, 0.15) is 62.3 Å². The molecule has 0 saturated carbocycles. The molecule has 0 bridgehead atoms. The summed E-state index contributed by atoms with van der Waals surface area (Å²) in [5.41, 5.74) is 5.80. The molecule has 1 unspecified atom stereocenters. The van der Waals surface area contributed by atoms with Crippen molar-refractivity contribution in [1.82, 2.24) is 4.90 Å². The monoisotopic (exact) mass is 602 g/mol. The second kappa shape index (κ2) is 14.0. The summed E-state index contributed by atoms with van der Waals surface area (Å²) in [6.07, 6.45) is 2.91. The average molecular weight is 603 g/mol. The SMILES string of the molecule is CCN(Cc1ccc(OCCN2CC(CF)C2)cc1)c1cc(OC)ccc1C1CCc2cc(OC(=O)C(C)(C)C)ccc2C1. The molecule has 0 radical (unpaired) electrons. The molecule has 0 N–H and O–H groups in total. The number of aryl methyl sites for hydroxylation is 1. The Morgan fingerprint density at radius 1 is 0.977 bits per heavy atom. The number of nitrogens with zero attached hydrogens (tertiary/aromatic N) is 2. The summed E-state index contributed by atoms with van der Waals surface area (Å²) in [7, 11) is 1.72. The van der Waals surface area contributed by atoms with Crippen LogP contribution in [0.2, 0.25) is 0 Å². The van der Waals surface area contributed by atoms with E-state index in [2.05, 4.69) is 53.1 Å². The van der Waals surface area contributed by atoms with Crippen LogP contribution in [-0.4, -0.2) is 57.4 Å². The first kappa shape index (κ1) is 31.8. The first-order chi connectivity index (χ1) is 21.2. The van der Waals surface area contributed by atoms with Crippen LogP contribution in [-0.2, 0) is 24.2 Å². The highest BCUT2D eigenvalue weighted by Crippen LogP contribution is 2.40. The van der Waals surface area contributed by atoms with Crippen molar-refractivity contribution in [2.24, 2.45) is 11.3 Å². The quantitative estimate of drug-likeness (QED) is 0.161. The number of alkyl halides is 1. The number of carbonyl (C=O) groups is 1. The highest BCUT2D eigenvalue weighted by Gasteiger charge is 2.28. The first-order valence-electron chi connectivity index (χ1n) is 15.9. The van der Waals surface area contributed by atoms with E-state index in [0.29, 0.717) is 18.3 Å². The zero-order valence-electron chi connectivity index (χ0n) is 26.9. The second-order valence-corrected chi connectivity index (χ2v) is 13.2. The topological polar surface area (TPSA) is 51.2 Å². The number of esters is 1. The summed E-state index contributed by atoms with van der Waals surface area (Å²) in [6, 6.07) is 20.9. The largest absolute Gasteiger partial charge is 0.497 e. The van der Waals surface area contributed by atoms with Crippen molar-refractivity contribution >= 4 is 11.7 Å². The summed E-state index contributed by atoms with van der Waals surface area (Å²) in [6.45, 7) is 12.3. The van der Waals surface area contributed by atoms with Gasteiger partial charge in [0.25, 0.3) is 0 Å². The molecule has 1 saturated heterocycles. The van der Waals surface area contributed by atoms with Crippen molar-refractivity contribution in [2.45, 2.75) is 59.4 Å². The summed E-state index contributed by atoms with van der Waals surface area (Å²) < 4.78 is 29.9. The summed E-state index contributed by atoms with van der Waals surface area (Å²) in [5.74, 6) is 2.71. The van der Waals surface area contributed by atoms with E-state index < -0.39 is 5.41 Å². The molecule has 0 spiro atoms. The molecule has 1 aliphatic carbocycles. The van der Waals surface area contributed by atoms with Gasteiger partial charge >= 0.3 is 5.97 Å². The lowest BCUT2D eigenvalue weighted by Crippen LogP contribution is -2.49. The maximum atomic E-state index is 12.7. The first-order valence-corrected chi connectivity index (χ1v) is 15.9. The fraction of sp³-hybridized carbons (Fsp3) is 0.486. The summed E-state index contributed by atoms with van der Waals surface area (Å²) in [5, 5.41) is 0. The van der Waals surface area contributed by atoms with Crippen molar-refractivity contribution in [3.8, 4) is 17.2 Å². The highest BCUT2D eigenvalue weighted by molar-refractivity contribution is 5.78. The number of likely N-dealkylation sites (tertiary alicyclic amines) is 1. The van der Waals surface area contributed by atoms with Crippen molar-refractivity contribution in [1.29, 1.82) is 0 Å². The van der Waals surface area contributed by atoms with Gasteiger partial charge in [-0.05, 0) is 105 Å². The molecule has 44 heavy (non-hydrogen) atoms. The highest BCUT2D eigenvalue weighted by atomic mass is 19.1. The van der Waals surface area contributed by atoms with Crippen LogP contribution in [0.25, 0.3) is 0 Å². The molecule has 3 aromatic rings. The third-order valence-corrected chi connectivity index (χ3v) is 8.85. The molecule has 5 rings (SSSR count). The van der Waals surface area contributed by atoms with Crippen molar-refractivity contribution in [3.63, 3.8) is 0 Å². The van der Waals surface area contributed by atoms with Crippen LogP contribution < -0.4 is 19.1 Å². The van der Waals surface area contributed by atoms with E-state index in [1.54, 1.807) is 7.11 Å². The fourth-order valence-electron chi connectivity index (χ4n) is 6.12. The smallest absolute Gasteiger partial charge is 0.316 e. The fourth-order valence-corrected chi connectivity index (χ4v) is 6.12. The molecule has 3 aromatic carbocycles. The molecule has 1 fully saturated rings. The Kier molecular flexibility index (Phi) is 10.1. The number of carbonyl (C=O) groups excluding carboxylic acids is 1. The van der Waals surface area contributed by atoms with E-state index in [4.69, 9.17) is 14.2 Å². The third kappa shape index (κ3) is 7.73. The van der Waals surface area contributed by atoms with Crippen LogP contribution in [0, 0.1) is 11.3 Å². The Bertz CT molecular complexity index is 1410. The molecular weight excluding hydrogens is 555 g/mol. The van der Waals surface area contributed by atoms with Gasteiger partial charge in [-0.2, -0.15) is 0 Å². The molecule has 1 aliphatic heterocycles. The van der Waals surface area contributed by atoms with E-state index in [1.807, 2.05) is 45.0 Å². The molecule has 236 valence electrons. The minimum atomic E-state index is -0.538. The second-order valence-electron chi connectivity index (χ2n) is 13.2. The van der Waals surface area contributed by atoms with Crippen molar-refractivity contribution < 1.29 is 23.4 Å². The summed E-state index contributed by atoms with van der Waals surface area (Å²) >= 11 is 0. The van der Waals surface area contributed by atoms with Gasteiger partial charge in [-0.15, -0.1) is 0 Å². The van der Waals surface area contributed by atoms with E-state index in [-0.39, 0.29) is 18.6 Å². The van der Waals surface area contributed by atoms with Crippen LogP contribution in [0.4, 0.5) is 10.1 Å². The Morgan fingerprint density at radius 3 is 2.39 bits per heavy atom. The molecule has 2 aliphatic rings. The molecule has 7 heteroatoms. The summed E-state index contributed by atoms with van der Waals surface area (Å²) in [4.78, 5) is 17.1. The van der Waals surface area contributed by atoms with Crippen LogP contribution in [0.15, 0.2) is 60.7 Å². The van der Waals surface area contributed by atoms with Gasteiger partial charge in [0.1, 0.15) is 23.9 Å². The molecular formula is C37H47FN2O4. The molecule has 0 amide bonds. The lowest BCUT2D eigenvalue weighted by Gasteiger charge is -2.37. The normalized spacial score (nSPS) is 17.0. The van der Waals surface area contributed by atoms with Crippen LogP contribution >= 0.6 is 0 Å². The zero-order valence-corrected chi connectivity index (χ0v) is 26.9. The predicted molar refractivity (Wildman–Crippen MR) is 174 cm³/mol. The van der Waals surface area contributed by atoms with Gasteiger partial charge in [-0.3, -0.25) is 14.1 Å². The molecule has 0 aromatic heterocycles. The lowest BCUT2D eigenvalue weighted by atomic mass is 9.79. The third-order valence-electron chi connectivity index (χ3n) is 8.85. The predicted octanol–water partition coefficient (Wildman–Crippen LogP) is 7.23. The zero-order chi connectivity index (χ0) is 31.3. The van der Waals surface area contributed by atoms with Gasteiger partial charge < -0.3 is 19.1 Å². The molecule has 1 heterocycles. The maximum Gasteiger partial charge on any atom is 0.316 e. The number of anilines is 1. The Hall–Kier alpha value is -3.58. The maximum absolute atomic E-state index is 12.7. The average Bonchev–Trinajstić information content (AvgIpc) is 3.00. The lowest BCUT2D eigenvalue weighted by molar-refractivity contribution is -0.143. The van der Waals surface area contributed by atoms with Gasteiger partial charge in [-0.25, -0.2) is 0 Å². The van der Waals surface area contributed by atoms with E-state index in [0.717, 1.165) is 63.5 Å². The van der Waals surface area contributed by atoms with E-state index in [9.17, 15) is 9.18 Å². The number of methoxy groups -OCH3 is 1. The minimum absolute atomic E-state index is 0.203. The standard InChI is InChI=1S/C37H47FN2O4/c1-6-40(25-26-7-12-31(13-8-26)43-18-17-39-23-27(22-38)24-39)35-21-32(42-5)15-16-34(35)30-10-9-29-20-33(14-11-28(29)19-30)44-36(41)37(2,3)4/h7-8,11-16,20-21,27,30H,6,9-10,17-19,22-25H2,1-5H3. The Balaban J connectivity index is 1.25. The molecule has 1 atom stereocenters. The number of benzene rings is 3. The minimum Gasteiger partial charge on any atom is -0.497 e. The van der Waals surface area contributed by atoms with Gasteiger partial charge in [0.15, 0.2) is 0 Å². The van der Waals surface area contributed by atoms with E-state index in [1.165, 1.54) is 27.9 Å².